The Morgan fingerprint density at radius 2 is 2.21 bits per heavy atom. The van der Waals surface area contributed by atoms with Crippen LogP contribution < -0.4 is 0 Å². The zero-order valence-corrected chi connectivity index (χ0v) is 7.13. The van der Waals surface area contributed by atoms with Gasteiger partial charge in [-0.1, -0.05) is 0 Å². The fourth-order valence-electron chi connectivity index (χ4n) is 0.839. The van der Waals surface area contributed by atoms with E-state index in [1.807, 2.05) is 0 Å². The summed E-state index contributed by atoms with van der Waals surface area (Å²) in [6, 6.07) is 0.667. The lowest BCUT2D eigenvalue weighted by Gasteiger charge is -2.02. The maximum atomic E-state index is 12.8. The third-order valence-corrected chi connectivity index (χ3v) is 1.50. The van der Waals surface area contributed by atoms with Crippen LogP contribution in [0.25, 0.3) is 0 Å². The van der Waals surface area contributed by atoms with Gasteiger partial charge in [-0.25, -0.2) is 18.0 Å². The molecule has 1 rings (SSSR count). The molecule has 0 amide bonds. The summed E-state index contributed by atoms with van der Waals surface area (Å²) in [4.78, 5) is 14.0. The predicted octanol–water partition coefficient (Wildman–Crippen LogP) is 1.94. The summed E-state index contributed by atoms with van der Waals surface area (Å²) < 4.78 is 41.2. The molecule has 0 aliphatic rings. The first-order chi connectivity index (χ1) is 6.56. The van der Waals surface area contributed by atoms with Gasteiger partial charge in [0.05, 0.1) is 12.7 Å². The average molecular weight is 205 g/mol. The highest BCUT2D eigenvalue weighted by atomic mass is 19.3. The quantitative estimate of drug-likeness (QED) is 0.692. The van der Waals surface area contributed by atoms with Crippen LogP contribution in [0.5, 0.6) is 0 Å². The van der Waals surface area contributed by atoms with E-state index in [9.17, 15) is 18.0 Å². The smallest absolute Gasteiger partial charge is 0.339 e. The van der Waals surface area contributed by atoms with E-state index >= 15 is 0 Å². The fourth-order valence-corrected chi connectivity index (χ4v) is 0.839. The van der Waals surface area contributed by atoms with Crippen LogP contribution in [0.15, 0.2) is 12.3 Å². The zero-order valence-electron chi connectivity index (χ0n) is 7.13. The van der Waals surface area contributed by atoms with Crippen LogP contribution in [-0.4, -0.2) is 18.1 Å². The van der Waals surface area contributed by atoms with Crippen molar-refractivity contribution in [1.82, 2.24) is 4.98 Å². The maximum absolute atomic E-state index is 12.8. The van der Waals surface area contributed by atoms with E-state index in [1.165, 1.54) is 0 Å². The van der Waals surface area contributed by atoms with Gasteiger partial charge in [-0.2, -0.15) is 0 Å². The van der Waals surface area contributed by atoms with Crippen molar-refractivity contribution in [3.63, 3.8) is 0 Å². The van der Waals surface area contributed by atoms with Gasteiger partial charge in [-0.3, -0.25) is 4.98 Å². The van der Waals surface area contributed by atoms with Crippen molar-refractivity contribution in [1.29, 1.82) is 0 Å². The highest BCUT2D eigenvalue weighted by Gasteiger charge is 2.17. The van der Waals surface area contributed by atoms with Gasteiger partial charge in [0.1, 0.15) is 5.69 Å². The van der Waals surface area contributed by atoms with Gasteiger partial charge < -0.3 is 4.74 Å². The van der Waals surface area contributed by atoms with Crippen molar-refractivity contribution in [2.24, 2.45) is 0 Å². The molecule has 0 bridgehead atoms. The monoisotopic (exact) mass is 205 g/mol. The number of alkyl halides is 2. The number of carbonyl (C=O) groups is 1. The van der Waals surface area contributed by atoms with Crippen LogP contribution in [-0.2, 0) is 4.74 Å². The Labute approximate surface area is 77.5 Å². The van der Waals surface area contributed by atoms with E-state index in [4.69, 9.17) is 0 Å². The molecule has 0 aliphatic heterocycles. The number of carbonyl (C=O) groups excluding carboxylic acids is 1. The molecule has 0 saturated heterocycles. The molecular weight excluding hydrogens is 199 g/mol. The normalized spacial score (nSPS) is 10.4. The molecule has 6 heteroatoms. The van der Waals surface area contributed by atoms with Crippen molar-refractivity contribution in [2.75, 3.05) is 7.11 Å². The number of esters is 1. The molecule has 3 nitrogen and oxygen atoms in total. The lowest BCUT2D eigenvalue weighted by Crippen LogP contribution is -2.05. The predicted molar refractivity (Wildman–Crippen MR) is 40.5 cm³/mol. The molecule has 0 N–H and O–H groups in total. The van der Waals surface area contributed by atoms with Gasteiger partial charge in [0.25, 0.3) is 6.43 Å². The Morgan fingerprint density at radius 1 is 1.57 bits per heavy atom. The minimum absolute atomic E-state index is 0.200. The minimum atomic E-state index is -3.00. The van der Waals surface area contributed by atoms with Gasteiger partial charge in [-0.05, 0) is 6.07 Å². The summed E-state index contributed by atoms with van der Waals surface area (Å²) >= 11 is 0. The number of aromatic nitrogens is 1. The molecule has 0 spiro atoms. The Kier molecular flexibility index (Phi) is 3.06. The van der Waals surface area contributed by atoms with Crippen LogP contribution in [0.3, 0.4) is 0 Å². The molecule has 0 saturated carbocycles. The molecule has 14 heavy (non-hydrogen) atoms. The molecule has 0 aromatic carbocycles. The fraction of sp³-hybridized carbons (Fsp3) is 0.250. The highest BCUT2D eigenvalue weighted by Crippen LogP contribution is 2.19. The highest BCUT2D eigenvalue weighted by molar-refractivity contribution is 5.88. The van der Waals surface area contributed by atoms with Crippen molar-refractivity contribution in [3.8, 4) is 0 Å². The number of pyridine rings is 1. The summed E-state index contributed by atoms with van der Waals surface area (Å²) in [5.74, 6) is -2.04. The maximum Gasteiger partial charge on any atom is 0.339 e. The standard InChI is InChI=1S/C8H6F3NO2/c1-14-8(13)4-2-5(9)6(7(10)11)12-3-4/h2-3,7H,1H3. The molecular formula is C8H6F3NO2. The Balaban J connectivity index is 3.06. The SMILES string of the molecule is COC(=O)c1cnc(C(F)F)c(F)c1. The summed E-state index contributed by atoms with van der Waals surface area (Å²) in [5.41, 5.74) is -1.17. The number of halogens is 3. The van der Waals surface area contributed by atoms with Crippen LogP contribution in [0.4, 0.5) is 13.2 Å². The van der Waals surface area contributed by atoms with Crippen LogP contribution >= 0.6 is 0 Å². The first-order valence-electron chi connectivity index (χ1n) is 3.58. The number of rotatable bonds is 2. The van der Waals surface area contributed by atoms with E-state index in [-0.39, 0.29) is 5.56 Å². The van der Waals surface area contributed by atoms with Crippen LogP contribution in [0.2, 0.25) is 0 Å². The Hall–Kier alpha value is -1.59. The number of hydrogen-bond acceptors (Lipinski definition) is 3. The van der Waals surface area contributed by atoms with Gasteiger partial charge in [0.15, 0.2) is 5.82 Å². The second-order valence-corrected chi connectivity index (χ2v) is 2.38. The topological polar surface area (TPSA) is 39.2 Å². The molecule has 0 aliphatic carbocycles. The summed E-state index contributed by atoms with van der Waals surface area (Å²) in [6.45, 7) is 0. The van der Waals surface area contributed by atoms with Crippen molar-refractivity contribution in [2.45, 2.75) is 6.43 Å². The second kappa shape index (κ2) is 4.08. The van der Waals surface area contributed by atoms with Gasteiger partial charge in [0, 0.05) is 6.20 Å². The van der Waals surface area contributed by atoms with E-state index in [1.54, 1.807) is 0 Å². The molecule has 76 valence electrons. The molecule has 0 atom stereocenters. The first kappa shape index (κ1) is 10.5. The van der Waals surface area contributed by atoms with Crippen molar-refractivity contribution >= 4 is 5.97 Å². The third-order valence-electron chi connectivity index (χ3n) is 1.50. The molecule has 0 fully saturated rings. The number of methoxy groups -OCH3 is 1. The number of hydrogen-bond donors (Lipinski definition) is 0. The number of ether oxygens (including phenoxy) is 1. The summed E-state index contributed by atoms with van der Waals surface area (Å²) in [7, 11) is 1.10. The van der Waals surface area contributed by atoms with Gasteiger partial charge >= 0.3 is 5.97 Å². The molecule has 0 unspecified atom stereocenters. The van der Waals surface area contributed by atoms with Crippen LogP contribution in [0, 0.1) is 5.82 Å². The second-order valence-electron chi connectivity index (χ2n) is 2.38. The Bertz CT molecular complexity index is 354. The first-order valence-corrected chi connectivity index (χ1v) is 3.58. The summed E-state index contributed by atoms with van der Waals surface area (Å²) in [6.07, 6.45) is -2.15. The van der Waals surface area contributed by atoms with E-state index < -0.39 is 23.9 Å². The molecule has 1 aromatic rings. The van der Waals surface area contributed by atoms with Crippen LogP contribution in [0.1, 0.15) is 22.5 Å². The number of nitrogens with zero attached hydrogens (tertiary/aromatic N) is 1. The van der Waals surface area contributed by atoms with Crippen molar-refractivity contribution < 1.29 is 22.7 Å². The minimum Gasteiger partial charge on any atom is -0.465 e. The lowest BCUT2D eigenvalue weighted by molar-refractivity contribution is 0.0598. The third kappa shape index (κ3) is 2.01. The van der Waals surface area contributed by atoms with E-state index in [0.717, 1.165) is 13.3 Å². The average Bonchev–Trinajstić information content (AvgIpc) is 2.15. The summed E-state index contributed by atoms with van der Waals surface area (Å²) in [5, 5.41) is 0. The van der Waals surface area contributed by atoms with E-state index in [0.29, 0.717) is 6.07 Å². The lowest BCUT2D eigenvalue weighted by atomic mass is 10.2. The largest absolute Gasteiger partial charge is 0.465 e. The molecule has 0 radical (unpaired) electrons. The van der Waals surface area contributed by atoms with Crippen molar-refractivity contribution in [3.05, 3.63) is 29.3 Å². The Morgan fingerprint density at radius 3 is 2.64 bits per heavy atom. The molecule has 1 heterocycles. The molecule has 1 aromatic heterocycles. The van der Waals surface area contributed by atoms with Gasteiger partial charge in [0.2, 0.25) is 0 Å². The zero-order chi connectivity index (χ0) is 10.7. The van der Waals surface area contributed by atoms with E-state index in [2.05, 4.69) is 9.72 Å². The van der Waals surface area contributed by atoms with Gasteiger partial charge in [-0.15, -0.1) is 0 Å².